The van der Waals surface area contributed by atoms with Crippen LogP contribution in [-0.4, -0.2) is 225 Å². The number of hydrogen-bond donors (Lipinski definition) is 10. The minimum Gasteiger partial charge on any atom is -0.356 e. The largest absolute Gasteiger partial charge is 0.356 e. The average molecular weight is 1860 g/mol. The molecule has 0 spiro atoms. The number of nitrogens with zero attached hydrogens (tertiary/aromatic N) is 4. The van der Waals surface area contributed by atoms with E-state index in [-0.39, 0.29) is 108 Å². The van der Waals surface area contributed by atoms with Gasteiger partial charge in [-0.15, -0.1) is 0 Å². The first-order valence-corrected chi connectivity index (χ1v) is 56.4. The average Bonchev–Trinajstić information content (AvgIpc) is 1.50. The van der Waals surface area contributed by atoms with Crippen molar-refractivity contribution in [3.63, 3.8) is 0 Å². The Morgan fingerprint density at radius 2 is 0.439 bits per heavy atom. The number of carbonyl (C=O) groups is 10. The zero-order valence-electron chi connectivity index (χ0n) is 86.1. The van der Waals surface area contributed by atoms with E-state index in [0.717, 1.165) is 226 Å². The van der Waals surface area contributed by atoms with E-state index in [1.54, 1.807) is 14.7 Å². The maximum Gasteiger partial charge on any atom is 0.242 e. The van der Waals surface area contributed by atoms with Crippen molar-refractivity contribution in [1.29, 1.82) is 0 Å². The van der Waals surface area contributed by atoms with Crippen LogP contribution in [0.3, 0.4) is 0 Å². The summed E-state index contributed by atoms with van der Waals surface area (Å²) < 4.78 is 0. The third-order valence-corrected chi connectivity index (χ3v) is 28.5. The van der Waals surface area contributed by atoms with Crippen LogP contribution in [0.5, 0.6) is 0 Å². The fourth-order valence-electron chi connectivity index (χ4n) is 19.3. The molecule has 0 saturated carbocycles. The second-order valence-corrected chi connectivity index (χ2v) is 40.0. The van der Waals surface area contributed by atoms with Gasteiger partial charge in [0.15, 0.2) is 0 Å². The number of likely N-dealkylation sites (tertiary alicyclic amines) is 4. The lowest BCUT2D eigenvalue weighted by atomic mass is 9.97. The van der Waals surface area contributed by atoms with E-state index >= 15 is 0 Å². The first-order valence-electron chi connectivity index (χ1n) is 56.4. The Morgan fingerprint density at radius 1 is 0.212 bits per heavy atom. The van der Waals surface area contributed by atoms with Gasteiger partial charge in [-0.05, 0) is 168 Å². The summed E-state index contributed by atoms with van der Waals surface area (Å²) in [5.74, 6) is 1.07. The highest BCUT2D eigenvalue weighted by atomic mass is 16.2. The SMILES string of the molecule is CCCCCCCCCCC.CCCCCCCCCCCCNC(=O)[C@@H]1CCCN1C(=O)[C@@H]1CCCN1.CCCCCCCCCCCCNC(=O)[C@@H]1CCCN1C(=O)[C@@H]1CCN1.CCCCCCCCCCCCNC(=O)[C@@H]1CCN1C(=O)[C@@H]1CCCN1.CCCCCCCCCCCCNC(=O)[C@@H]1CCN1C(=O)[C@@H]1CCN1.CCCNC(=O)CCCCC(=O)[C@@H]1CCCN1. The number of amides is 9. The monoisotopic (exact) mass is 1860 g/mol. The zero-order valence-corrected chi connectivity index (χ0v) is 86.1. The van der Waals surface area contributed by atoms with E-state index in [1.807, 2.05) is 11.8 Å². The van der Waals surface area contributed by atoms with Crippen LogP contribution in [0.4, 0.5) is 0 Å². The van der Waals surface area contributed by atoms with Gasteiger partial charge in [-0.1, -0.05) is 337 Å². The summed E-state index contributed by atoms with van der Waals surface area (Å²) in [6.07, 6.45) is 81.7. The summed E-state index contributed by atoms with van der Waals surface area (Å²) in [4.78, 5) is 129. The number of carbonyl (C=O) groups excluding carboxylic acids is 10. The Balaban J connectivity index is 0.000000337. The van der Waals surface area contributed by atoms with E-state index in [9.17, 15) is 47.9 Å². The predicted molar refractivity (Wildman–Crippen MR) is 545 cm³/mol. The molecule has 9 fully saturated rings. The van der Waals surface area contributed by atoms with E-state index in [0.29, 0.717) is 18.6 Å². The topological polar surface area (TPSA) is 304 Å². The van der Waals surface area contributed by atoms with Crippen LogP contribution >= 0.6 is 0 Å². The van der Waals surface area contributed by atoms with Gasteiger partial charge in [0.2, 0.25) is 53.2 Å². The molecule has 9 rings (SSSR count). The molecule has 0 aromatic heterocycles. The highest BCUT2D eigenvalue weighted by Gasteiger charge is 2.44. The van der Waals surface area contributed by atoms with Crippen LogP contribution in [0.2, 0.25) is 0 Å². The van der Waals surface area contributed by atoms with Crippen molar-refractivity contribution in [2.45, 2.75) is 539 Å². The molecule has 0 aromatic rings. The van der Waals surface area contributed by atoms with Crippen molar-refractivity contribution < 1.29 is 47.9 Å². The van der Waals surface area contributed by atoms with Crippen molar-refractivity contribution in [3.8, 4) is 0 Å². The summed E-state index contributed by atoms with van der Waals surface area (Å²) in [7, 11) is 0. The summed E-state index contributed by atoms with van der Waals surface area (Å²) in [6, 6.07) is -1.08. The number of ketones is 1. The van der Waals surface area contributed by atoms with Crippen molar-refractivity contribution in [2.24, 2.45) is 0 Å². The van der Waals surface area contributed by atoms with Crippen LogP contribution in [0.25, 0.3) is 0 Å². The molecule has 9 aliphatic rings. The molecule has 0 unspecified atom stereocenters. The second-order valence-electron chi connectivity index (χ2n) is 40.0. The molecule has 0 radical (unpaired) electrons. The van der Waals surface area contributed by atoms with Gasteiger partial charge in [-0.25, -0.2) is 0 Å². The summed E-state index contributed by atoms with van der Waals surface area (Å²) in [5.41, 5.74) is 0. The Labute approximate surface area is 806 Å². The number of nitrogens with one attached hydrogen (secondary N) is 10. The zero-order chi connectivity index (χ0) is 95.3. The lowest BCUT2D eigenvalue weighted by molar-refractivity contribution is -0.150. The number of unbranched alkanes of at least 4 members (excludes halogenated alkanes) is 45. The van der Waals surface area contributed by atoms with Crippen LogP contribution in [-0.2, 0) is 47.9 Å². The van der Waals surface area contributed by atoms with E-state index in [2.05, 4.69) is 94.7 Å². The van der Waals surface area contributed by atoms with Gasteiger partial charge in [0, 0.05) is 71.7 Å². The van der Waals surface area contributed by atoms with Gasteiger partial charge in [0.25, 0.3) is 0 Å². The smallest absolute Gasteiger partial charge is 0.242 e. The maximum atomic E-state index is 12.6. The van der Waals surface area contributed by atoms with E-state index < -0.39 is 0 Å². The molecule has 10 N–H and O–H groups in total. The van der Waals surface area contributed by atoms with Crippen LogP contribution in [0, 0.1) is 0 Å². The molecule has 9 amide bonds. The molecular weight excluding hydrogens is 1650 g/mol. The van der Waals surface area contributed by atoms with E-state index in [1.165, 1.54) is 289 Å². The molecule has 0 bridgehead atoms. The van der Waals surface area contributed by atoms with Gasteiger partial charge in [0.05, 0.1) is 30.2 Å². The number of Topliss-reactive ketones (excluding diaryl/α,β-unsaturated/α-hetero) is 1. The fraction of sp³-hybridized carbons (Fsp3) is 0.907. The highest BCUT2D eigenvalue weighted by molar-refractivity contribution is 5.94. The quantitative estimate of drug-likeness (QED) is 0.0253. The predicted octanol–water partition coefficient (Wildman–Crippen LogP) is 19.4. The Kier molecular flexibility index (Phi) is 72.7. The molecule has 9 atom stereocenters. The lowest BCUT2D eigenvalue weighted by Crippen LogP contribution is -2.64. The minimum atomic E-state index is -0.247. The van der Waals surface area contributed by atoms with Crippen LogP contribution < -0.4 is 53.2 Å². The molecule has 9 saturated heterocycles. The molecule has 766 valence electrons. The van der Waals surface area contributed by atoms with Crippen molar-refractivity contribution in [3.05, 3.63) is 0 Å². The summed E-state index contributed by atoms with van der Waals surface area (Å²) in [5, 5.41) is 31.0. The lowest BCUT2D eigenvalue weighted by Gasteiger charge is -2.43. The first kappa shape index (κ1) is 119. The summed E-state index contributed by atoms with van der Waals surface area (Å²) in [6.45, 7) is 26.9. The van der Waals surface area contributed by atoms with E-state index in [4.69, 9.17) is 0 Å². The van der Waals surface area contributed by atoms with Gasteiger partial charge in [0.1, 0.15) is 30.0 Å². The van der Waals surface area contributed by atoms with Gasteiger partial charge in [-0.3, -0.25) is 47.9 Å². The molecule has 9 heterocycles. The molecule has 0 aromatic carbocycles. The minimum absolute atomic E-state index is 0.0369. The highest BCUT2D eigenvalue weighted by Crippen LogP contribution is 2.27. The van der Waals surface area contributed by atoms with Gasteiger partial charge >= 0.3 is 0 Å². The Bertz CT molecular complexity index is 2930. The van der Waals surface area contributed by atoms with Crippen molar-refractivity contribution in [2.75, 3.05) is 91.6 Å². The molecule has 132 heavy (non-hydrogen) atoms. The molecule has 24 heteroatoms. The third kappa shape index (κ3) is 53.6. The third-order valence-electron chi connectivity index (χ3n) is 28.5. The second kappa shape index (κ2) is 80.6. The Morgan fingerprint density at radius 3 is 0.667 bits per heavy atom. The fourth-order valence-corrected chi connectivity index (χ4v) is 19.3. The summed E-state index contributed by atoms with van der Waals surface area (Å²) >= 11 is 0. The number of hydrogen-bond acceptors (Lipinski definition) is 15. The maximum absolute atomic E-state index is 12.6. The molecular formula is C108H204N14O10. The van der Waals surface area contributed by atoms with Gasteiger partial charge < -0.3 is 72.8 Å². The molecule has 9 aliphatic heterocycles. The normalized spacial score (nSPS) is 20.9. The van der Waals surface area contributed by atoms with Crippen LogP contribution in [0.15, 0.2) is 0 Å². The number of rotatable bonds is 68. The van der Waals surface area contributed by atoms with Crippen LogP contribution in [0.1, 0.15) is 485 Å². The van der Waals surface area contributed by atoms with Crippen molar-refractivity contribution >= 4 is 58.9 Å². The molecule has 24 nitrogen and oxygen atoms in total. The molecule has 0 aliphatic carbocycles. The van der Waals surface area contributed by atoms with Crippen molar-refractivity contribution in [1.82, 2.24) is 72.8 Å². The van der Waals surface area contributed by atoms with Gasteiger partial charge in [-0.2, -0.15) is 0 Å². The standard InChI is InChI=1S/C22H41N3O2.2C21H39N3O2.C20H37N3O2.C13H24N2O2.C11H24/c1-2-3-4-5-6-7-8-9-10-11-16-24-21(26)20-15-13-18-25(20)22(27)19-14-12-17-23-19;1-2-3-4-5-6-7-8-9-10-11-15-23-20(25)19-13-12-17-24(19)21(26)18-14-16-22-18;1-2-3-4-5-6-7-8-9-10-11-15-23-20(25)19-14-17-24(19)21(26)18-13-12-16-22-18;1-2-3-4-5-6-7-8-9-10-11-14-22-19(24)18-13-16-23(18)20(25)17-12-15-21-17;1-2-9-15-13(17)8-4-3-7-12(16)11-6-5-10-14-11;1-3-5-7-9-11-10-8-6-4-2/h19-20,23H,2-18H2,1H3,(H,24,26);2*18-19,22H,2-17H2,1H3,(H,23,25);17-18,21H,2-16H2,1H3,(H,22,24);11,14H,2-10H2,1H3,(H,15,17);3-11H2,1-2H3/t19-,20-;2*18-,19-;17-,18-;11-;/m00000./s1. The Hall–Kier alpha value is -5.30. The first-order chi connectivity index (χ1) is 64.6.